The number of ketones is 4. The number of benzene rings is 6. The van der Waals surface area contributed by atoms with Gasteiger partial charge in [-0.2, -0.15) is 12.8 Å². The Hall–Kier alpha value is -3.49. The fraction of sp³-hybridized carbons (Fsp3) is 0.427. The molecule has 9 nitrogen and oxygen atoms in total. The third-order valence-corrected chi connectivity index (χ3v) is 21.1. The molecule has 6 aliphatic rings. The topological polar surface area (TPSA) is 129 Å². The monoisotopic (exact) mass is 1510 g/mol. The van der Waals surface area contributed by atoms with Gasteiger partial charge in [0, 0.05) is 62.6 Å². The van der Waals surface area contributed by atoms with E-state index in [-0.39, 0.29) is 73.4 Å². The summed E-state index contributed by atoms with van der Waals surface area (Å²) in [5.74, 6) is 1.09. The van der Waals surface area contributed by atoms with Gasteiger partial charge in [0.2, 0.25) is 5.69 Å². The molecule has 6 fully saturated rings. The number of carbonyl (C=O) groups excluding carboxylic acids is 4. The third-order valence-electron chi connectivity index (χ3n) is 17.9. The Balaban J connectivity index is 0.000000234. The number of halogens is 8. The zero-order valence-corrected chi connectivity index (χ0v) is 62.8. The van der Waals surface area contributed by atoms with Crippen LogP contribution in [0, 0.1) is 18.9 Å². The quantitative estimate of drug-likeness (QED) is 0.0410. The van der Waals surface area contributed by atoms with Gasteiger partial charge in [-0.25, -0.2) is 4.85 Å². The number of carbonyl (C=O) groups is 4. The van der Waals surface area contributed by atoms with Gasteiger partial charge in [0.25, 0.3) is 0 Å². The van der Waals surface area contributed by atoms with Crippen LogP contribution in [0.5, 0.6) is 0 Å². The van der Waals surface area contributed by atoms with Gasteiger partial charge in [-0.15, -0.1) is 0 Å². The van der Waals surface area contributed by atoms with E-state index in [4.69, 9.17) is 76.2 Å². The van der Waals surface area contributed by atoms with Crippen molar-refractivity contribution >= 4 is 143 Å². The molecule has 2 atom stereocenters. The van der Waals surface area contributed by atoms with Crippen LogP contribution in [-0.4, -0.2) is 88.1 Å². The predicted molar refractivity (Wildman–Crippen MR) is 389 cm³/mol. The van der Waals surface area contributed by atoms with E-state index in [0.717, 1.165) is 125 Å². The number of rotatable bonds is 10. The molecule has 3 N–H and O–H groups in total. The van der Waals surface area contributed by atoms with Crippen LogP contribution in [0.25, 0.3) is 4.85 Å². The van der Waals surface area contributed by atoms with E-state index in [2.05, 4.69) is 42.8 Å². The molecule has 18 heteroatoms. The molecule has 12 rings (SSSR count). The van der Waals surface area contributed by atoms with Gasteiger partial charge in [0.15, 0.2) is 23.1 Å². The molecule has 0 saturated heterocycles. The first-order valence-electron chi connectivity index (χ1n) is 31.9. The number of hydrogen-bond acceptors (Lipinski definition) is 8. The smallest absolute Gasteiger partial charge is 1.00 e. The minimum absolute atomic E-state index is 0. The Morgan fingerprint density at radius 2 is 0.903 bits per heavy atom. The number of aliphatic imine (C=N–C) groups is 1. The Kier molecular flexibility index (Phi) is 36.7. The van der Waals surface area contributed by atoms with Gasteiger partial charge >= 0.3 is 23.1 Å². The van der Waals surface area contributed by atoms with Gasteiger partial charge < -0.3 is 39.1 Å². The number of Topliss-reactive ketones (excluding diaryl/α,β-unsaturated/α-hetero) is 4. The van der Waals surface area contributed by atoms with Gasteiger partial charge in [0.1, 0.15) is 16.7 Å². The van der Waals surface area contributed by atoms with Crippen molar-refractivity contribution in [3.63, 3.8) is 0 Å². The number of nitrogens with zero attached hydrogens (tertiary/aromatic N) is 2. The normalized spacial score (nSPS) is 20.1. The number of likely N-dealkylation sites (N-methyl/N-ethyl adjacent to an activating group) is 2. The van der Waals surface area contributed by atoms with Crippen LogP contribution in [-0.2, 0) is 20.7 Å². The number of para-hydroxylation sites is 1. The Morgan fingerprint density at radius 1 is 0.527 bits per heavy atom. The van der Waals surface area contributed by atoms with Gasteiger partial charge in [-0.3, -0.25) is 24.2 Å². The molecular formula is C75H86Br2Cl6MgN4O5. The fourth-order valence-electron chi connectivity index (χ4n) is 12.9. The van der Waals surface area contributed by atoms with E-state index in [1.54, 1.807) is 49.5 Å². The molecule has 6 saturated carbocycles. The molecule has 494 valence electrons. The summed E-state index contributed by atoms with van der Waals surface area (Å²) in [5.41, 5.74) is 3.38. The van der Waals surface area contributed by atoms with Crippen LogP contribution in [0.4, 0.5) is 5.69 Å². The van der Waals surface area contributed by atoms with Crippen LogP contribution in [0.3, 0.4) is 0 Å². The Morgan fingerprint density at radius 3 is 1.27 bits per heavy atom. The summed E-state index contributed by atoms with van der Waals surface area (Å²) in [4.78, 5) is 56.0. The van der Waals surface area contributed by atoms with Crippen LogP contribution in [0.2, 0.25) is 30.1 Å². The van der Waals surface area contributed by atoms with Crippen molar-refractivity contribution in [1.29, 1.82) is 0 Å². The number of alkyl halides is 1. The molecule has 0 aliphatic heterocycles. The van der Waals surface area contributed by atoms with Crippen LogP contribution in [0.15, 0.2) is 151 Å². The molecule has 6 aliphatic carbocycles. The standard InChI is InChI=1S/3C13H16ClNO.C12H12BrClO.C12H13ClO.C7H4ClN.C5H9.BrH.Mg/c1-15-12(13(16)8-4-5-9-13)10-6-2-3-7-11(10)14;2*1-15-13(9-5-4-8-12(13)16)10-6-2-3-7-11(10)14;13-12(7-3-4-8-12)11(15)9-5-1-2-6-10(9)14;13-11-8-4-3-7-10(11)12(14)9-5-1-2-6-9;1-9-7-5-3-2-4-6(7)8;1-2-4-5-3-1;;/h2-3,6-7,16H,4-5,8-9H2,1H3;2*2-3,6-7,15H,4-5,8-9H2,1H3;1-2,5-6H,3-4,7-8H2;3-4,7-9H,1-2,5-6H2;2-5H;1H,2-5H2;1H;/q;;;;;;-1;;+2/p-1/t;13-;;;;;;;/m.0......./s1. The second-order valence-corrected chi connectivity index (χ2v) is 27.7. The first-order chi connectivity index (χ1) is 43.8. The van der Waals surface area contributed by atoms with Crippen molar-refractivity contribution in [3.05, 3.63) is 221 Å². The largest absolute Gasteiger partial charge is 2.00 e. The van der Waals surface area contributed by atoms with E-state index in [0.29, 0.717) is 59.8 Å². The van der Waals surface area contributed by atoms with Crippen molar-refractivity contribution in [1.82, 2.24) is 10.6 Å². The SMILES string of the molecule is CN=C(c1ccccc1Cl)C1(O)CCCC1.CNC1(c2ccccc2Cl)CCCCC1=O.CN[C@]1(c2ccccc2Cl)CCCCC1=O.O=C(c1ccccc1Cl)C1(Br)CCCC1.O=C(c1ccccc1Cl)C1CCCC1.[Br-].[C-]#[N+]c1ccccc1Cl.[CH-]1CCCC1.[Mg+2]. The molecule has 93 heavy (non-hydrogen) atoms. The summed E-state index contributed by atoms with van der Waals surface area (Å²) in [5, 5.41) is 20.6. The van der Waals surface area contributed by atoms with Crippen molar-refractivity contribution in [3.8, 4) is 0 Å². The van der Waals surface area contributed by atoms with E-state index in [9.17, 15) is 24.3 Å². The fourth-order valence-corrected chi connectivity index (χ4v) is 15.1. The summed E-state index contributed by atoms with van der Waals surface area (Å²) in [7, 11) is 5.40. The van der Waals surface area contributed by atoms with Crippen LogP contribution >= 0.6 is 85.5 Å². The van der Waals surface area contributed by atoms with Crippen molar-refractivity contribution < 1.29 is 41.3 Å². The Labute approximate surface area is 617 Å². The maximum absolute atomic E-state index is 12.3. The van der Waals surface area contributed by atoms with Crippen molar-refractivity contribution in [2.24, 2.45) is 10.9 Å². The Bertz CT molecular complexity index is 3330. The molecule has 0 bridgehead atoms. The van der Waals surface area contributed by atoms with E-state index < -0.39 is 16.7 Å². The average molecular weight is 1520 g/mol. The van der Waals surface area contributed by atoms with Gasteiger partial charge in [-0.1, -0.05) is 253 Å². The second kappa shape index (κ2) is 41.7. The van der Waals surface area contributed by atoms with Gasteiger partial charge in [-0.05, 0) is 132 Å². The minimum atomic E-state index is -0.778. The zero-order valence-electron chi connectivity index (χ0n) is 53.7. The van der Waals surface area contributed by atoms with Crippen LogP contribution < -0.4 is 27.6 Å². The predicted octanol–water partition coefficient (Wildman–Crippen LogP) is 18.1. The third kappa shape index (κ3) is 22.8. The maximum atomic E-state index is 12.3. The summed E-state index contributed by atoms with van der Waals surface area (Å²) < 4.78 is -0.363. The van der Waals surface area contributed by atoms with E-state index in [1.165, 1.54) is 38.5 Å². The molecule has 0 spiro atoms. The molecule has 0 aromatic heterocycles. The summed E-state index contributed by atoms with van der Waals surface area (Å²) in [6, 6.07) is 44.4. The summed E-state index contributed by atoms with van der Waals surface area (Å²) in [6.07, 6.45) is 27.2. The molecule has 1 unspecified atom stereocenters. The average Bonchev–Trinajstić information content (AvgIpc) is 1.18. The first kappa shape index (κ1) is 81.9. The summed E-state index contributed by atoms with van der Waals surface area (Å²) in [6.45, 7) is 6.63. The molecule has 0 heterocycles. The number of nitrogens with one attached hydrogen (secondary N) is 2. The number of hydrogen-bond donors (Lipinski definition) is 3. The molecule has 0 amide bonds. The van der Waals surface area contributed by atoms with E-state index in [1.807, 2.05) is 117 Å². The molecule has 6 aromatic carbocycles. The summed E-state index contributed by atoms with van der Waals surface area (Å²) >= 11 is 39.7. The van der Waals surface area contributed by atoms with Crippen LogP contribution in [0.1, 0.15) is 192 Å². The molecule has 0 radical (unpaired) electrons. The number of aliphatic hydroxyl groups is 1. The molecule has 6 aromatic rings. The molecular weight excluding hydrogens is 1430 g/mol. The second-order valence-electron chi connectivity index (χ2n) is 23.8. The van der Waals surface area contributed by atoms with Crippen molar-refractivity contribution in [2.75, 3.05) is 21.1 Å². The maximum Gasteiger partial charge on any atom is 2.00 e. The zero-order chi connectivity index (χ0) is 65.9. The van der Waals surface area contributed by atoms with Gasteiger partial charge in [0.05, 0.1) is 26.7 Å². The van der Waals surface area contributed by atoms with E-state index >= 15 is 0 Å². The van der Waals surface area contributed by atoms with Crippen molar-refractivity contribution in [2.45, 2.75) is 175 Å². The first-order valence-corrected chi connectivity index (χ1v) is 35.0. The minimum Gasteiger partial charge on any atom is -1.00 e.